The molecule has 1 saturated carbocycles. The second kappa shape index (κ2) is 8.08. The Kier molecular flexibility index (Phi) is 6.12. The minimum atomic E-state index is -4.32. The molecule has 128 valence electrons. The van der Waals surface area contributed by atoms with E-state index in [1.54, 1.807) is 19.2 Å². The third kappa shape index (κ3) is 6.38. The average molecular weight is 329 g/mol. The van der Waals surface area contributed by atoms with Gasteiger partial charge in [0.15, 0.2) is 12.6 Å². The van der Waals surface area contributed by atoms with Crippen molar-refractivity contribution in [3.05, 3.63) is 29.8 Å². The van der Waals surface area contributed by atoms with E-state index in [2.05, 4.69) is 20.4 Å². The molecule has 0 atom stereocenters. The molecule has 4 nitrogen and oxygen atoms in total. The lowest BCUT2D eigenvalue weighted by atomic mass is 10.2. The van der Waals surface area contributed by atoms with E-state index in [0.717, 1.165) is 24.4 Å². The van der Waals surface area contributed by atoms with Crippen LogP contribution in [0, 0.1) is 0 Å². The Morgan fingerprint density at radius 3 is 2.43 bits per heavy atom. The molecule has 0 saturated heterocycles. The molecule has 0 aromatic heterocycles. The maximum absolute atomic E-state index is 12.1. The van der Waals surface area contributed by atoms with E-state index in [0.29, 0.717) is 12.6 Å². The zero-order valence-corrected chi connectivity index (χ0v) is 13.1. The van der Waals surface area contributed by atoms with Crippen molar-refractivity contribution < 1.29 is 17.9 Å². The van der Waals surface area contributed by atoms with E-state index >= 15 is 0 Å². The van der Waals surface area contributed by atoms with Crippen molar-refractivity contribution in [1.82, 2.24) is 10.6 Å². The molecular formula is C16H22F3N3O. The van der Waals surface area contributed by atoms with Crippen LogP contribution in [0.4, 0.5) is 13.2 Å². The van der Waals surface area contributed by atoms with Crippen molar-refractivity contribution in [3.8, 4) is 5.75 Å². The third-order valence-corrected chi connectivity index (χ3v) is 3.71. The molecule has 2 N–H and O–H groups in total. The van der Waals surface area contributed by atoms with Crippen LogP contribution in [0.25, 0.3) is 0 Å². The molecule has 1 aliphatic rings. The summed E-state index contributed by atoms with van der Waals surface area (Å²) in [4.78, 5) is 4.19. The lowest BCUT2D eigenvalue weighted by molar-refractivity contribution is -0.153. The highest BCUT2D eigenvalue weighted by Crippen LogP contribution is 2.19. The summed E-state index contributed by atoms with van der Waals surface area (Å²) in [5.41, 5.74) is 0.943. The van der Waals surface area contributed by atoms with E-state index in [9.17, 15) is 13.2 Å². The van der Waals surface area contributed by atoms with Crippen LogP contribution < -0.4 is 15.4 Å². The van der Waals surface area contributed by atoms with Gasteiger partial charge in [0.25, 0.3) is 0 Å². The van der Waals surface area contributed by atoms with Gasteiger partial charge in [-0.2, -0.15) is 13.2 Å². The van der Waals surface area contributed by atoms with Gasteiger partial charge in [0.1, 0.15) is 5.75 Å². The predicted molar refractivity (Wildman–Crippen MR) is 83.6 cm³/mol. The maximum atomic E-state index is 12.1. The molecule has 0 heterocycles. The van der Waals surface area contributed by atoms with Crippen LogP contribution in [0.5, 0.6) is 5.75 Å². The van der Waals surface area contributed by atoms with Gasteiger partial charge in [-0.15, -0.1) is 0 Å². The number of nitrogens with zero attached hydrogens (tertiary/aromatic N) is 1. The normalized spacial score (nSPS) is 16.4. The van der Waals surface area contributed by atoms with E-state index in [1.165, 1.54) is 25.0 Å². The Hall–Kier alpha value is -1.92. The Morgan fingerprint density at radius 2 is 1.87 bits per heavy atom. The summed E-state index contributed by atoms with van der Waals surface area (Å²) in [5, 5.41) is 6.58. The molecule has 1 aliphatic carbocycles. The first-order valence-corrected chi connectivity index (χ1v) is 7.72. The van der Waals surface area contributed by atoms with Crippen LogP contribution in [0.3, 0.4) is 0 Å². The predicted octanol–water partition coefficient (Wildman–Crippen LogP) is 3.24. The summed E-state index contributed by atoms with van der Waals surface area (Å²) in [7, 11) is 1.72. The fourth-order valence-electron chi connectivity index (χ4n) is 2.51. The molecule has 1 fully saturated rings. The molecule has 0 amide bonds. The van der Waals surface area contributed by atoms with Crippen LogP contribution in [-0.2, 0) is 6.54 Å². The summed E-state index contributed by atoms with van der Waals surface area (Å²) in [6.07, 6.45) is 0.485. The molecule has 0 bridgehead atoms. The zero-order chi connectivity index (χ0) is 16.7. The number of aliphatic imine (C=N–C) groups is 1. The van der Waals surface area contributed by atoms with Crippen LogP contribution in [0.1, 0.15) is 31.2 Å². The van der Waals surface area contributed by atoms with Gasteiger partial charge in [-0.3, -0.25) is 4.99 Å². The lowest BCUT2D eigenvalue weighted by Crippen LogP contribution is -2.41. The number of alkyl halides is 3. The van der Waals surface area contributed by atoms with Gasteiger partial charge in [0, 0.05) is 19.6 Å². The highest BCUT2D eigenvalue weighted by Gasteiger charge is 2.28. The molecule has 7 heteroatoms. The third-order valence-electron chi connectivity index (χ3n) is 3.71. The first kappa shape index (κ1) is 17.4. The van der Waals surface area contributed by atoms with Crippen molar-refractivity contribution in [2.75, 3.05) is 13.7 Å². The number of rotatable bonds is 5. The van der Waals surface area contributed by atoms with Gasteiger partial charge in [-0.1, -0.05) is 25.0 Å². The van der Waals surface area contributed by atoms with E-state index in [1.807, 2.05) is 0 Å². The summed E-state index contributed by atoms with van der Waals surface area (Å²) < 4.78 is 40.9. The molecule has 1 aromatic carbocycles. The Bertz CT molecular complexity index is 508. The average Bonchev–Trinajstić information content (AvgIpc) is 3.02. The zero-order valence-electron chi connectivity index (χ0n) is 13.1. The largest absolute Gasteiger partial charge is 0.484 e. The molecule has 1 aromatic rings. The number of hydrogen-bond donors (Lipinski definition) is 2. The molecule has 0 radical (unpaired) electrons. The van der Waals surface area contributed by atoms with Crippen molar-refractivity contribution in [3.63, 3.8) is 0 Å². The number of benzene rings is 1. The first-order valence-electron chi connectivity index (χ1n) is 7.72. The van der Waals surface area contributed by atoms with Crippen LogP contribution in [-0.4, -0.2) is 31.8 Å². The number of hydrogen-bond acceptors (Lipinski definition) is 2. The molecular weight excluding hydrogens is 307 g/mol. The van der Waals surface area contributed by atoms with Crippen LogP contribution in [0.2, 0.25) is 0 Å². The summed E-state index contributed by atoms with van der Waals surface area (Å²) >= 11 is 0. The minimum absolute atomic E-state index is 0.208. The van der Waals surface area contributed by atoms with Gasteiger partial charge in [0.2, 0.25) is 0 Å². The standard InChI is InChI=1S/C16H22F3N3O/c1-20-15(22-13-4-2-3-5-13)21-10-12-6-8-14(9-7-12)23-11-16(17,18)19/h6-9,13H,2-5,10-11H2,1H3,(H2,20,21,22). The monoisotopic (exact) mass is 329 g/mol. The number of nitrogens with one attached hydrogen (secondary N) is 2. The van der Waals surface area contributed by atoms with Crippen molar-refractivity contribution in [2.45, 2.75) is 44.4 Å². The summed E-state index contributed by atoms with van der Waals surface area (Å²) in [6, 6.07) is 7.02. The Morgan fingerprint density at radius 1 is 1.22 bits per heavy atom. The van der Waals surface area contributed by atoms with Gasteiger partial charge in [-0.05, 0) is 30.5 Å². The number of guanidine groups is 1. The summed E-state index contributed by atoms with van der Waals surface area (Å²) in [6.45, 7) is -0.728. The van der Waals surface area contributed by atoms with Crippen molar-refractivity contribution in [2.24, 2.45) is 4.99 Å². The van der Waals surface area contributed by atoms with Gasteiger partial charge in [0.05, 0.1) is 0 Å². The fourth-order valence-corrected chi connectivity index (χ4v) is 2.51. The van der Waals surface area contributed by atoms with Gasteiger partial charge < -0.3 is 15.4 Å². The quantitative estimate of drug-likeness (QED) is 0.644. The molecule has 0 unspecified atom stereocenters. The van der Waals surface area contributed by atoms with Crippen LogP contribution in [0.15, 0.2) is 29.3 Å². The van der Waals surface area contributed by atoms with Crippen molar-refractivity contribution in [1.29, 1.82) is 0 Å². The number of ether oxygens (including phenoxy) is 1. The molecule has 2 rings (SSSR count). The van der Waals surface area contributed by atoms with Crippen molar-refractivity contribution >= 4 is 5.96 Å². The highest BCUT2D eigenvalue weighted by atomic mass is 19.4. The van der Waals surface area contributed by atoms with E-state index in [4.69, 9.17) is 0 Å². The second-order valence-electron chi connectivity index (χ2n) is 5.60. The Balaban J connectivity index is 1.78. The van der Waals surface area contributed by atoms with Crippen LogP contribution >= 0.6 is 0 Å². The maximum Gasteiger partial charge on any atom is 0.422 e. The van der Waals surface area contributed by atoms with E-state index < -0.39 is 12.8 Å². The Labute approximate surface area is 134 Å². The SMILES string of the molecule is CN=C(NCc1ccc(OCC(F)(F)F)cc1)NC1CCCC1. The lowest BCUT2D eigenvalue weighted by Gasteiger charge is -2.17. The second-order valence-corrected chi connectivity index (χ2v) is 5.60. The summed E-state index contributed by atoms with van der Waals surface area (Å²) in [5.74, 6) is 0.953. The molecule has 23 heavy (non-hydrogen) atoms. The van der Waals surface area contributed by atoms with E-state index in [-0.39, 0.29) is 5.75 Å². The highest BCUT2D eigenvalue weighted by molar-refractivity contribution is 5.79. The molecule has 0 spiro atoms. The molecule has 0 aliphatic heterocycles. The fraction of sp³-hybridized carbons (Fsp3) is 0.562. The number of halogens is 3. The minimum Gasteiger partial charge on any atom is -0.484 e. The smallest absolute Gasteiger partial charge is 0.422 e. The van der Waals surface area contributed by atoms with Gasteiger partial charge >= 0.3 is 6.18 Å². The topological polar surface area (TPSA) is 45.7 Å². The first-order chi connectivity index (χ1) is 11.0. The van der Waals surface area contributed by atoms with Gasteiger partial charge in [-0.25, -0.2) is 0 Å².